The molecule has 0 spiro atoms. The zero-order valence-electron chi connectivity index (χ0n) is 16.7. The molecule has 3 N–H and O–H groups in total. The number of carbonyl (C=O) groups is 1. The van der Waals surface area contributed by atoms with Gasteiger partial charge in [-0.25, -0.2) is 19.4 Å². The predicted octanol–water partition coefficient (Wildman–Crippen LogP) is 3.41. The summed E-state index contributed by atoms with van der Waals surface area (Å²) in [6.45, 7) is 4.30. The number of alkyl halides is 3. The fraction of sp³-hybridized carbons (Fsp3) is 0.263. The Labute approximate surface area is 175 Å². The first-order valence-electron chi connectivity index (χ1n) is 9.20. The Bertz CT molecular complexity index is 1050. The Morgan fingerprint density at radius 2 is 1.90 bits per heavy atom. The lowest BCUT2D eigenvalue weighted by Gasteiger charge is -2.14. The minimum Gasteiger partial charge on any atom is -0.404 e. The number of para-hydroxylation sites is 2. The number of rotatable bonds is 7. The second kappa shape index (κ2) is 9.32. The average molecular weight is 435 g/mol. The third-order valence-corrected chi connectivity index (χ3v) is 3.96. The Morgan fingerprint density at radius 3 is 2.61 bits per heavy atom. The van der Waals surface area contributed by atoms with Crippen LogP contribution < -0.4 is 20.7 Å². The maximum absolute atomic E-state index is 12.5. The van der Waals surface area contributed by atoms with E-state index in [1.807, 2.05) is 19.9 Å². The van der Waals surface area contributed by atoms with Gasteiger partial charge in [0, 0.05) is 24.8 Å². The average Bonchev–Trinajstić information content (AvgIpc) is 3.04. The summed E-state index contributed by atoms with van der Waals surface area (Å²) in [5, 5.41) is 12.3. The second-order valence-electron chi connectivity index (χ2n) is 6.45. The maximum Gasteiger partial charge on any atom is 0.573 e. The third-order valence-electron chi connectivity index (χ3n) is 3.96. The van der Waals surface area contributed by atoms with Crippen molar-refractivity contribution in [3.8, 4) is 11.6 Å². The van der Waals surface area contributed by atoms with Crippen LogP contribution in [-0.4, -0.2) is 45.2 Å². The van der Waals surface area contributed by atoms with Crippen LogP contribution in [0.5, 0.6) is 5.75 Å². The van der Waals surface area contributed by atoms with Gasteiger partial charge in [0.25, 0.3) is 0 Å². The molecule has 0 unspecified atom stereocenters. The van der Waals surface area contributed by atoms with Crippen molar-refractivity contribution in [2.24, 2.45) is 0 Å². The number of benzene rings is 1. The minimum atomic E-state index is -4.86. The molecule has 2 heterocycles. The largest absolute Gasteiger partial charge is 0.573 e. The number of ether oxygens (including phenoxy) is 1. The molecule has 3 rings (SSSR count). The Balaban J connectivity index is 1.50. The monoisotopic (exact) mass is 435 g/mol. The van der Waals surface area contributed by atoms with Crippen molar-refractivity contribution < 1.29 is 22.7 Å². The van der Waals surface area contributed by atoms with Crippen molar-refractivity contribution in [2.45, 2.75) is 20.2 Å². The number of hydrogen-bond donors (Lipinski definition) is 3. The number of nitrogens with zero attached hydrogens (tertiary/aromatic N) is 4. The van der Waals surface area contributed by atoms with Crippen LogP contribution in [0.3, 0.4) is 0 Å². The first kappa shape index (κ1) is 21.9. The summed E-state index contributed by atoms with van der Waals surface area (Å²) in [6, 6.07) is 8.23. The summed E-state index contributed by atoms with van der Waals surface area (Å²) in [5.41, 5.74) is 1.69. The van der Waals surface area contributed by atoms with Crippen molar-refractivity contribution in [2.75, 3.05) is 23.7 Å². The van der Waals surface area contributed by atoms with Crippen LogP contribution in [0.4, 0.5) is 29.5 Å². The van der Waals surface area contributed by atoms with E-state index in [2.05, 4.69) is 35.8 Å². The van der Waals surface area contributed by atoms with Gasteiger partial charge in [0.05, 0.1) is 11.4 Å². The molecule has 1 aromatic carbocycles. The number of urea groups is 1. The topological polar surface area (TPSA) is 106 Å². The fourth-order valence-corrected chi connectivity index (χ4v) is 2.74. The molecule has 0 saturated carbocycles. The van der Waals surface area contributed by atoms with Gasteiger partial charge in [-0.3, -0.25) is 0 Å². The number of hydrogen-bond acceptors (Lipinski definition) is 6. The van der Waals surface area contributed by atoms with Crippen LogP contribution in [0.2, 0.25) is 0 Å². The van der Waals surface area contributed by atoms with Gasteiger partial charge in [-0.05, 0) is 32.0 Å². The predicted molar refractivity (Wildman–Crippen MR) is 107 cm³/mol. The highest BCUT2D eigenvalue weighted by Gasteiger charge is 2.32. The summed E-state index contributed by atoms with van der Waals surface area (Å²) in [4.78, 5) is 20.3. The molecular formula is C19H20F3N7O2. The summed E-state index contributed by atoms with van der Waals surface area (Å²) in [7, 11) is 0. The zero-order chi connectivity index (χ0) is 22.4. The van der Waals surface area contributed by atoms with E-state index < -0.39 is 18.1 Å². The second-order valence-corrected chi connectivity index (χ2v) is 6.45. The van der Waals surface area contributed by atoms with Crippen LogP contribution in [0.25, 0.3) is 5.82 Å². The summed E-state index contributed by atoms with van der Waals surface area (Å²) < 4.78 is 42.9. The quantitative estimate of drug-likeness (QED) is 0.491. The molecule has 2 aromatic heterocycles. The van der Waals surface area contributed by atoms with E-state index >= 15 is 0 Å². The zero-order valence-corrected chi connectivity index (χ0v) is 16.7. The van der Waals surface area contributed by atoms with Gasteiger partial charge in [0.2, 0.25) is 0 Å². The molecule has 0 aliphatic rings. The number of aromatic nitrogens is 4. The molecule has 164 valence electrons. The fourth-order valence-electron chi connectivity index (χ4n) is 2.74. The Morgan fingerprint density at radius 1 is 1.13 bits per heavy atom. The van der Waals surface area contributed by atoms with Gasteiger partial charge in [0.15, 0.2) is 11.6 Å². The number of aryl methyl sites for hydroxylation is 2. The highest BCUT2D eigenvalue weighted by atomic mass is 19.4. The molecule has 2 amide bonds. The van der Waals surface area contributed by atoms with Gasteiger partial charge in [-0.1, -0.05) is 12.1 Å². The normalized spacial score (nSPS) is 11.1. The number of nitrogens with one attached hydrogen (secondary N) is 3. The maximum atomic E-state index is 12.5. The first-order chi connectivity index (χ1) is 14.7. The number of halogens is 3. The first-order valence-corrected chi connectivity index (χ1v) is 9.20. The van der Waals surface area contributed by atoms with E-state index in [-0.39, 0.29) is 12.2 Å². The Kier molecular flexibility index (Phi) is 6.58. The molecule has 31 heavy (non-hydrogen) atoms. The lowest BCUT2D eigenvalue weighted by atomic mass is 10.3. The van der Waals surface area contributed by atoms with Gasteiger partial charge in [-0.15, -0.1) is 13.2 Å². The third kappa shape index (κ3) is 6.32. The van der Waals surface area contributed by atoms with E-state index in [0.29, 0.717) is 18.2 Å². The molecule has 0 fully saturated rings. The summed E-state index contributed by atoms with van der Waals surface area (Å²) in [5.74, 6) is 0.625. The highest BCUT2D eigenvalue weighted by Crippen LogP contribution is 2.29. The summed E-state index contributed by atoms with van der Waals surface area (Å²) in [6.07, 6.45) is -3.46. The van der Waals surface area contributed by atoms with Crippen LogP contribution >= 0.6 is 0 Å². The van der Waals surface area contributed by atoms with Gasteiger partial charge < -0.3 is 20.7 Å². The van der Waals surface area contributed by atoms with Crippen molar-refractivity contribution in [3.63, 3.8) is 0 Å². The van der Waals surface area contributed by atoms with Crippen molar-refractivity contribution in [1.29, 1.82) is 0 Å². The molecule has 3 aromatic rings. The van der Waals surface area contributed by atoms with Crippen LogP contribution in [-0.2, 0) is 0 Å². The van der Waals surface area contributed by atoms with Crippen LogP contribution in [0.15, 0.2) is 42.7 Å². The van der Waals surface area contributed by atoms with E-state index in [1.165, 1.54) is 24.5 Å². The van der Waals surface area contributed by atoms with E-state index in [9.17, 15) is 18.0 Å². The SMILES string of the molecule is Cc1cc(C)n(-c2cc(NCCNC(=O)Nc3ccccc3OC(F)(F)F)ncn2)n1. The van der Waals surface area contributed by atoms with E-state index in [0.717, 1.165) is 17.5 Å². The molecule has 0 bridgehead atoms. The lowest BCUT2D eigenvalue weighted by Crippen LogP contribution is -2.33. The molecule has 0 atom stereocenters. The van der Waals surface area contributed by atoms with Gasteiger partial charge >= 0.3 is 12.4 Å². The molecule has 9 nitrogen and oxygen atoms in total. The molecule has 0 saturated heterocycles. The molecule has 0 aliphatic carbocycles. The van der Waals surface area contributed by atoms with Crippen LogP contribution in [0, 0.1) is 13.8 Å². The van der Waals surface area contributed by atoms with Gasteiger partial charge in [0.1, 0.15) is 12.1 Å². The molecule has 0 aliphatic heterocycles. The lowest BCUT2D eigenvalue weighted by molar-refractivity contribution is -0.274. The standard InChI is InChI=1S/C19H20F3N7O2/c1-12-9-13(2)29(28-12)17-10-16(25-11-26-17)23-7-8-24-18(30)27-14-5-3-4-6-15(14)31-19(20,21)22/h3-6,9-11H,7-8H2,1-2H3,(H,23,25,26)(H2,24,27,30). The summed E-state index contributed by atoms with van der Waals surface area (Å²) >= 11 is 0. The molecule has 12 heteroatoms. The minimum absolute atomic E-state index is 0.101. The van der Waals surface area contributed by atoms with E-state index in [4.69, 9.17) is 0 Å². The number of anilines is 2. The van der Waals surface area contributed by atoms with Crippen molar-refractivity contribution in [3.05, 3.63) is 54.1 Å². The highest BCUT2D eigenvalue weighted by molar-refractivity contribution is 5.90. The molecule has 0 radical (unpaired) electrons. The van der Waals surface area contributed by atoms with Crippen molar-refractivity contribution >= 4 is 17.5 Å². The van der Waals surface area contributed by atoms with Crippen molar-refractivity contribution in [1.82, 2.24) is 25.1 Å². The Hall–Kier alpha value is -3.83. The number of carbonyl (C=O) groups excluding carboxylic acids is 1. The van der Waals surface area contributed by atoms with E-state index in [1.54, 1.807) is 10.7 Å². The van der Waals surface area contributed by atoms with Crippen LogP contribution in [0.1, 0.15) is 11.4 Å². The van der Waals surface area contributed by atoms with Gasteiger partial charge in [-0.2, -0.15) is 5.10 Å². The molecular weight excluding hydrogens is 415 g/mol. The smallest absolute Gasteiger partial charge is 0.404 e. The number of amides is 2.